The Bertz CT molecular complexity index is 179. The lowest BCUT2D eigenvalue weighted by molar-refractivity contribution is -0.171. The lowest BCUT2D eigenvalue weighted by Crippen LogP contribution is -2.48. The van der Waals surface area contributed by atoms with Crippen LogP contribution < -0.4 is 0 Å². The van der Waals surface area contributed by atoms with E-state index in [1.807, 2.05) is 0 Å². The fourth-order valence-electron chi connectivity index (χ4n) is 1.32. The van der Waals surface area contributed by atoms with Gasteiger partial charge in [-0.25, -0.2) is 4.79 Å². The van der Waals surface area contributed by atoms with E-state index in [4.69, 9.17) is 10.2 Å². The quantitative estimate of drug-likeness (QED) is 0.544. The maximum absolute atomic E-state index is 10.7. The van der Waals surface area contributed by atoms with Gasteiger partial charge >= 0.3 is 5.97 Å². The highest BCUT2D eigenvalue weighted by Crippen LogP contribution is 2.20. The van der Waals surface area contributed by atoms with Crippen molar-refractivity contribution in [1.82, 2.24) is 0 Å². The summed E-state index contributed by atoms with van der Waals surface area (Å²) < 4.78 is 0. The van der Waals surface area contributed by atoms with Crippen LogP contribution in [0, 0.1) is 0 Å². The van der Waals surface area contributed by atoms with E-state index < -0.39 is 17.7 Å². The standard InChI is InChI=1S/C10H20O4/c1-3-4-5-6-7-10(14,8(2)11)9(12)13/h8,11,14H,3-7H2,1-2H3,(H,12,13). The molecule has 0 spiro atoms. The molecule has 0 fully saturated rings. The fraction of sp³-hybridized carbons (Fsp3) is 0.900. The molecule has 2 atom stereocenters. The van der Waals surface area contributed by atoms with E-state index in [9.17, 15) is 9.90 Å². The molecule has 0 heterocycles. The van der Waals surface area contributed by atoms with Crippen molar-refractivity contribution < 1.29 is 20.1 Å². The third-order valence-electron chi connectivity index (χ3n) is 2.47. The first-order valence-corrected chi connectivity index (χ1v) is 5.09. The molecule has 0 saturated heterocycles. The van der Waals surface area contributed by atoms with Crippen LogP contribution in [0.3, 0.4) is 0 Å². The van der Waals surface area contributed by atoms with E-state index >= 15 is 0 Å². The third kappa shape index (κ3) is 3.64. The van der Waals surface area contributed by atoms with Crippen LogP contribution in [-0.4, -0.2) is 33.0 Å². The van der Waals surface area contributed by atoms with Crippen LogP contribution in [0.4, 0.5) is 0 Å². The number of aliphatic hydroxyl groups is 2. The highest BCUT2D eigenvalue weighted by molar-refractivity contribution is 5.77. The molecule has 84 valence electrons. The minimum Gasteiger partial charge on any atom is -0.479 e. The van der Waals surface area contributed by atoms with Crippen LogP contribution in [0.1, 0.15) is 46.0 Å². The van der Waals surface area contributed by atoms with Crippen LogP contribution >= 0.6 is 0 Å². The summed E-state index contributed by atoms with van der Waals surface area (Å²) in [5.74, 6) is -1.34. The molecule has 0 aromatic rings. The van der Waals surface area contributed by atoms with E-state index in [2.05, 4.69) is 6.92 Å². The highest BCUT2D eigenvalue weighted by Gasteiger charge is 2.40. The zero-order valence-corrected chi connectivity index (χ0v) is 8.86. The Balaban J connectivity index is 4.05. The predicted molar refractivity (Wildman–Crippen MR) is 53.0 cm³/mol. The monoisotopic (exact) mass is 204 g/mol. The highest BCUT2D eigenvalue weighted by atomic mass is 16.4. The Morgan fingerprint density at radius 2 is 1.93 bits per heavy atom. The molecular weight excluding hydrogens is 184 g/mol. The second-order valence-corrected chi connectivity index (χ2v) is 3.72. The first-order valence-electron chi connectivity index (χ1n) is 5.09. The Hall–Kier alpha value is -0.610. The van der Waals surface area contributed by atoms with E-state index in [1.54, 1.807) is 0 Å². The van der Waals surface area contributed by atoms with Gasteiger partial charge in [-0.3, -0.25) is 0 Å². The molecule has 0 aromatic carbocycles. The average Bonchev–Trinajstić information content (AvgIpc) is 2.11. The van der Waals surface area contributed by atoms with Crippen molar-refractivity contribution >= 4 is 5.97 Å². The molecule has 0 aromatic heterocycles. The number of aliphatic carboxylic acids is 1. The van der Waals surface area contributed by atoms with Crippen molar-refractivity contribution in [3.05, 3.63) is 0 Å². The van der Waals surface area contributed by atoms with Crippen LogP contribution in [0.5, 0.6) is 0 Å². The largest absolute Gasteiger partial charge is 0.479 e. The SMILES string of the molecule is CCCCCCC(O)(C(=O)O)C(C)O. The Morgan fingerprint density at radius 1 is 1.36 bits per heavy atom. The number of carbonyl (C=O) groups is 1. The number of unbranched alkanes of at least 4 members (excludes halogenated alkanes) is 3. The van der Waals surface area contributed by atoms with Crippen molar-refractivity contribution in [2.45, 2.75) is 57.7 Å². The second-order valence-electron chi connectivity index (χ2n) is 3.72. The maximum Gasteiger partial charge on any atom is 0.338 e. The number of rotatable bonds is 7. The molecule has 0 rings (SSSR count). The van der Waals surface area contributed by atoms with Crippen molar-refractivity contribution in [1.29, 1.82) is 0 Å². The van der Waals surface area contributed by atoms with Gasteiger partial charge in [-0.2, -0.15) is 0 Å². The summed E-state index contributed by atoms with van der Waals surface area (Å²) in [6.45, 7) is 3.35. The summed E-state index contributed by atoms with van der Waals surface area (Å²) in [6, 6.07) is 0. The predicted octanol–water partition coefficient (Wildman–Crippen LogP) is 1.15. The molecule has 4 heteroatoms. The summed E-state index contributed by atoms with van der Waals surface area (Å²) in [4.78, 5) is 10.7. The van der Waals surface area contributed by atoms with Gasteiger partial charge in [0.05, 0.1) is 6.10 Å². The number of carboxylic acids is 1. The molecule has 0 aliphatic carbocycles. The maximum atomic E-state index is 10.7. The summed E-state index contributed by atoms with van der Waals surface area (Å²) >= 11 is 0. The molecule has 0 radical (unpaired) electrons. The van der Waals surface area contributed by atoms with Gasteiger partial charge in [0.1, 0.15) is 0 Å². The van der Waals surface area contributed by atoms with Gasteiger partial charge in [-0.05, 0) is 19.8 Å². The van der Waals surface area contributed by atoms with Crippen molar-refractivity contribution in [3.8, 4) is 0 Å². The molecule has 0 saturated carbocycles. The van der Waals surface area contributed by atoms with Gasteiger partial charge in [0.2, 0.25) is 0 Å². The number of carboxylic acid groups (broad SMARTS) is 1. The average molecular weight is 204 g/mol. The van der Waals surface area contributed by atoms with Gasteiger partial charge < -0.3 is 15.3 Å². The Kier molecular flexibility index (Phi) is 5.72. The summed E-state index contributed by atoms with van der Waals surface area (Å²) in [5, 5.41) is 27.5. The van der Waals surface area contributed by atoms with E-state index in [0.717, 1.165) is 19.3 Å². The molecular formula is C10H20O4. The molecule has 4 nitrogen and oxygen atoms in total. The summed E-state index contributed by atoms with van der Waals surface area (Å²) in [7, 11) is 0. The van der Waals surface area contributed by atoms with Crippen LogP contribution in [-0.2, 0) is 4.79 Å². The van der Waals surface area contributed by atoms with E-state index in [0.29, 0.717) is 6.42 Å². The third-order valence-corrected chi connectivity index (χ3v) is 2.47. The molecule has 0 aliphatic rings. The number of hydrogen-bond acceptors (Lipinski definition) is 3. The van der Waals surface area contributed by atoms with Crippen LogP contribution in [0.2, 0.25) is 0 Å². The van der Waals surface area contributed by atoms with Crippen LogP contribution in [0.25, 0.3) is 0 Å². The zero-order valence-electron chi connectivity index (χ0n) is 8.86. The van der Waals surface area contributed by atoms with E-state index in [1.165, 1.54) is 6.92 Å². The van der Waals surface area contributed by atoms with Gasteiger partial charge in [0.15, 0.2) is 5.60 Å². The Morgan fingerprint density at radius 3 is 2.29 bits per heavy atom. The normalized spacial score (nSPS) is 17.4. The molecule has 0 amide bonds. The van der Waals surface area contributed by atoms with Crippen molar-refractivity contribution in [3.63, 3.8) is 0 Å². The van der Waals surface area contributed by atoms with Gasteiger partial charge in [0, 0.05) is 0 Å². The minimum atomic E-state index is -1.98. The minimum absolute atomic E-state index is 0.111. The molecule has 14 heavy (non-hydrogen) atoms. The van der Waals surface area contributed by atoms with Gasteiger partial charge in [-0.15, -0.1) is 0 Å². The molecule has 3 N–H and O–H groups in total. The second kappa shape index (κ2) is 5.98. The first-order chi connectivity index (χ1) is 6.45. The molecule has 0 bridgehead atoms. The first kappa shape index (κ1) is 13.4. The summed E-state index contributed by atoms with van der Waals surface area (Å²) in [6.07, 6.45) is 2.47. The lowest BCUT2D eigenvalue weighted by Gasteiger charge is -2.26. The smallest absolute Gasteiger partial charge is 0.338 e. The fourth-order valence-corrected chi connectivity index (χ4v) is 1.32. The molecule has 2 unspecified atom stereocenters. The Labute approximate surface area is 84.6 Å². The molecule has 0 aliphatic heterocycles. The number of hydrogen-bond donors (Lipinski definition) is 3. The van der Waals surface area contributed by atoms with Crippen molar-refractivity contribution in [2.75, 3.05) is 0 Å². The van der Waals surface area contributed by atoms with Crippen LogP contribution in [0.15, 0.2) is 0 Å². The lowest BCUT2D eigenvalue weighted by atomic mass is 9.91. The number of aliphatic hydroxyl groups excluding tert-OH is 1. The van der Waals surface area contributed by atoms with E-state index in [-0.39, 0.29) is 6.42 Å². The van der Waals surface area contributed by atoms with Gasteiger partial charge in [-0.1, -0.05) is 26.2 Å². The zero-order chi connectivity index (χ0) is 11.2. The van der Waals surface area contributed by atoms with Gasteiger partial charge in [0.25, 0.3) is 0 Å². The van der Waals surface area contributed by atoms with Crippen molar-refractivity contribution in [2.24, 2.45) is 0 Å². The summed E-state index contributed by atoms with van der Waals surface area (Å²) in [5.41, 5.74) is -1.98. The topological polar surface area (TPSA) is 77.8 Å².